The number of thiazole rings is 2. The Morgan fingerprint density at radius 1 is 0.432 bits per heavy atom. The van der Waals surface area contributed by atoms with E-state index in [2.05, 4.69) is 122 Å². The average Bonchev–Trinajstić information content (AvgIpc) is 1.63. The Balaban J connectivity index is 0.000000136. The third kappa shape index (κ3) is 28.2. The number of aromatic nitrogens is 18. The molecule has 10 aromatic heterocycles. The molecule has 5 aliphatic rings. The quantitative estimate of drug-likeness (QED) is 0.0458. The Morgan fingerprint density at radius 2 is 0.870 bits per heavy atom. The number of aryl methyl sites for hydroxylation is 2. The Labute approximate surface area is 843 Å². The lowest BCUT2D eigenvalue weighted by Gasteiger charge is -2.33. The van der Waals surface area contributed by atoms with E-state index in [-0.39, 0.29) is 120 Å². The number of rotatable bonds is 22. The van der Waals surface area contributed by atoms with Crippen molar-refractivity contribution in [3.05, 3.63) is 217 Å². The van der Waals surface area contributed by atoms with Crippen molar-refractivity contribution in [3.63, 3.8) is 0 Å². The maximum Gasteiger partial charge on any atom is 0.419 e. The molecule has 20 rings (SSSR count). The molecule has 5 aliphatic heterocycles. The van der Waals surface area contributed by atoms with Crippen LogP contribution in [0.25, 0.3) is 54.2 Å². The SMILES string of the molecule is Cc1nc(-c2nnc(N3CCC(Oc4cc(F)ccc4Br)CC3)s2)no1.Cc1nnc(-c2ccc(N3CCC(Oc4ccccc4C(F)(F)F)CC3)nn2)s1.O=C=O.O=c1[nH]c(CO)nc2nc(N3CCC(Oc4ccccc4C(F)(F)F)CC3)sc12.OCc1nc(-c2cnc(N3CCC(Oc4ccccc4C(F)(F)F)CC3)s2)no1.OCc1nnc(-c2ccc(N3CCC(Oc4ccccc4C(F)(F)F)CC3)nn2)o1. The largest absolute Gasteiger partial charge is 0.490 e. The third-order valence-corrected chi connectivity index (χ3v) is 27.2. The number of ether oxygens (including phenoxy) is 5. The first-order valence-corrected chi connectivity index (χ1v) is 48.8. The van der Waals surface area contributed by atoms with E-state index in [9.17, 15) is 61.9 Å². The van der Waals surface area contributed by atoms with E-state index in [1.807, 2.05) is 28.9 Å². The zero-order chi connectivity index (χ0) is 103. The van der Waals surface area contributed by atoms with Crippen molar-refractivity contribution in [3.8, 4) is 72.6 Å². The molecule has 37 nitrogen and oxygen atoms in total. The summed E-state index contributed by atoms with van der Waals surface area (Å²) in [5.74, 6) is 2.88. The fourth-order valence-corrected chi connectivity index (χ4v) is 19.1. The number of aliphatic hydroxyl groups excluding tert-OH is 3. The molecule has 0 aliphatic carbocycles. The lowest BCUT2D eigenvalue weighted by molar-refractivity contribution is -0.192. The number of fused-ring (bicyclic) bond motifs is 1. The van der Waals surface area contributed by atoms with Crippen molar-refractivity contribution < 1.29 is 119 Å². The van der Waals surface area contributed by atoms with Crippen LogP contribution >= 0.6 is 61.3 Å². The summed E-state index contributed by atoms with van der Waals surface area (Å²) in [4.78, 5) is 62.8. The highest BCUT2D eigenvalue weighted by Gasteiger charge is 2.41. The summed E-state index contributed by atoms with van der Waals surface area (Å²) < 4.78 is 216. The maximum absolute atomic E-state index is 13.4. The molecule has 5 aromatic carbocycles. The van der Waals surface area contributed by atoms with Gasteiger partial charge in [0.1, 0.15) is 112 Å². The highest BCUT2D eigenvalue weighted by atomic mass is 79.9. The first kappa shape index (κ1) is 106. The molecular formula is C91H85BrF13N23O14S4. The number of nitrogens with zero attached hydrogens (tertiary/aromatic N) is 22. The smallest absolute Gasteiger partial charge is 0.419 e. The van der Waals surface area contributed by atoms with Gasteiger partial charge in [0.2, 0.25) is 28.6 Å². The number of anilines is 5. The van der Waals surface area contributed by atoms with Gasteiger partial charge < -0.3 is 82.0 Å². The number of piperidine rings is 5. The summed E-state index contributed by atoms with van der Waals surface area (Å²) in [5.41, 5.74) is -2.07. The van der Waals surface area contributed by atoms with Crippen LogP contribution in [0.1, 0.15) is 115 Å². The molecule has 0 atom stereocenters. The monoisotopic (exact) mass is 2180 g/mol. The summed E-state index contributed by atoms with van der Waals surface area (Å²) in [6.07, 6.45) is -10.9. The van der Waals surface area contributed by atoms with Crippen LogP contribution in [0.5, 0.6) is 28.7 Å². The molecule has 0 amide bonds. The highest BCUT2D eigenvalue weighted by molar-refractivity contribution is 9.10. The molecule has 5 saturated heterocycles. The Hall–Kier alpha value is -14.0. The number of para-hydroxylation sites is 4. The lowest BCUT2D eigenvalue weighted by atomic mass is 10.1. The molecule has 0 spiro atoms. The van der Waals surface area contributed by atoms with E-state index in [1.54, 1.807) is 37.4 Å². The van der Waals surface area contributed by atoms with E-state index >= 15 is 0 Å². The van der Waals surface area contributed by atoms with Crippen molar-refractivity contribution in [2.24, 2.45) is 0 Å². The van der Waals surface area contributed by atoms with E-state index in [0.29, 0.717) is 164 Å². The summed E-state index contributed by atoms with van der Waals surface area (Å²) in [7, 11) is 0. The van der Waals surface area contributed by atoms with E-state index in [0.717, 1.165) is 80.8 Å². The first-order chi connectivity index (χ1) is 70.1. The molecule has 146 heavy (non-hydrogen) atoms. The van der Waals surface area contributed by atoms with Crippen LogP contribution in [0.2, 0.25) is 0 Å². The summed E-state index contributed by atoms with van der Waals surface area (Å²) >= 11 is 8.87. The number of benzene rings is 5. The third-order valence-electron chi connectivity index (χ3n) is 22.6. The molecule has 0 radical (unpaired) electrons. The minimum atomic E-state index is -4.47. The van der Waals surface area contributed by atoms with Gasteiger partial charge in [0.25, 0.3) is 17.3 Å². The number of aromatic amines is 1. The van der Waals surface area contributed by atoms with Crippen molar-refractivity contribution in [1.82, 2.24) is 91.2 Å². The minimum absolute atomic E-state index is 0.0385. The number of nitrogens with one attached hydrogen (secondary N) is 1. The summed E-state index contributed by atoms with van der Waals surface area (Å²) in [5, 5.41) is 79.8. The van der Waals surface area contributed by atoms with Crippen LogP contribution in [0.15, 0.2) is 168 Å². The lowest BCUT2D eigenvalue weighted by Crippen LogP contribution is -2.39. The van der Waals surface area contributed by atoms with E-state index in [4.69, 9.17) is 62.1 Å². The van der Waals surface area contributed by atoms with Crippen LogP contribution in [-0.2, 0) is 54.1 Å². The van der Waals surface area contributed by atoms with Crippen molar-refractivity contribution >= 4 is 105 Å². The van der Waals surface area contributed by atoms with Crippen molar-refractivity contribution in [2.45, 2.75) is 153 Å². The zero-order valence-corrected chi connectivity index (χ0v) is 81.5. The molecule has 15 heterocycles. The number of aliphatic hydroxyl groups is 3. The normalized spacial score (nSPS) is 15.3. The van der Waals surface area contributed by atoms with Gasteiger partial charge in [-0.2, -0.15) is 77.2 Å². The molecule has 770 valence electrons. The molecule has 55 heteroatoms. The maximum atomic E-state index is 13.4. The van der Waals surface area contributed by atoms with Gasteiger partial charge in [-0.15, -0.1) is 51.0 Å². The van der Waals surface area contributed by atoms with Gasteiger partial charge in [-0.05, 0) is 108 Å². The minimum Gasteiger partial charge on any atom is -0.490 e. The molecule has 4 N–H and O–H groups in total. The molecule has 15 aromatic rings. The summed E-state index contributed by atoms with van der Waals surface area (Å²) in [6, 6.07) is 32.7. The zero-order valence-electron chi connectivity index (χ0n) is 76.6. The van der Waals surface area contributed by atoms with Crippen LogP contribution in [0.4, 0.5) is 84.1 Å². The molecule has 0 bridgehead atoms. The fraction of sp³-hybridized carbons (Fsp3) is 0.374. The Kier molecular flexibility index (Phi) is 35.2. The molecular weight excluding hydrogens is 2090 g/mol. The van der Waals surface area contributed by atoms with Gasteiger partial charge in [0.05, 0.1) is 37.8 Å². The topological polar surface area (TPSA) is 449 Å². The average molecular weight is 2180 g/mol. The second-order valence-electron chi connectivity index (χ2n) is 32.5. The van der Waals surface area contributed by atoms with Gasteiger partial charge in [0, 0.05) is 143 Å². The predicted octanol–water partition coefficient (Wildman–Crippen LogP) is 17.4. The van der Waals surface area contributed by atoms with E-state index < -0.39 is 47.0 Å². The van der Waals surface area contributed by atoms with Crippen LogP contribution < -0.4 is 53.7 Å². The van der Waals surface area contributed by atoms with Crippen LogP contribution in [-0.4, -0.2) is 209 Å². The molecule has 0 saturated carbocycles. The van der Waals surface area contributed by atoms with Gasteiger partial charge in [0.15, 0.2) is 37.6 Å². The number of halogens is 14. The van der Waals surface area contributed by atoms with Crippen molar-refractivity contribution in [2.75, 3.05) is 89.9 Å². The number of H-pyrrole nitrogens is 1. The fourth-order valence-electron chi connectivity index (χ4n) is 15.4. The van der Waals surface area contributed by atoms with Crippen molar-refractivity contribution in [1.29, 1.82) is 0 Å². The van der Waals surface area contributed by atoms with Gasteiger partial charge in [-0.25, -0.2) is 14.4 Å². The number of hydrogen-bond acceptors (Lipinski definition) is 40. The number of alkyl halides is 12. The molecule has 5 fully saturated rings. The Morgan fingerprint density at radius 3 is 1.29 bits per heavy atom. The predicted molar refractivity (Wildman–Crippen MR) is 504 cm³/mol. The summed E-state index contributed by atoms with van der Waals surface area (Å²) in [6.45, 7) is 8.80. The number of hydrogen-bond donors (Lipinski definition) is 4. The van der Waals surface area contributed by atoms with Gasteiger partial charge in [-0.1, -0.05) is 104 Å². The number of carbonyl (C=O) groups excluding carboxylic acids is 2. The van der Waals surface area contributed by atoms with E-state index in [1.165, 1.54) is 124 Å². The van der Waals surface area contributed by atoms with Crippen LogP contribution in [0.3, 0.4) is 0 Å². The molecule has 0 unspecified atom stereocenters. The second kappa shape index (κ2) is 48.4. The first-order valence-electron chi connectivity index (χ1n) is 44.8. The Bertz CT molecular complexity index is 6880. The van der Waals surface area contributed by atoms with Gasteiger partial charge in [-0.3, -0.25) is 4.79 Å². The second-order valence-corrected chi connectivity index (χ2v) is 37.5. The van der Waals surface area contributed by atoms with Gasteiger partial charge >= 0.3 is 30.9 Å². The standard InChI is InChI=1S/C19H18F3N5O3.C19H18F3N5OS.2C18H17F3N4O3S.C16H15BrFN5O2S.CO2/c20-19(21,22)13-3-1-2-4-15(13)29-12-7-9-27(10-8-12)16-6-5-14(23-24-16)18-26-25-17(11-28)30-18;1-12-23-26-18(29-12)15-6-7-17(25-24-15)27-10-8-13(9-11-27)28-16-5-3-2-4-14(16)19(20,21)22;19-18(20,21)12-3-1-2-4-13(12)27-11-5-7-25(8-6-11)17-22-9-14(29-17)16-23-15(10-26)28-24-16;19-18(20,21)11-3-1-2-4-12(11)28-10-5-7-25(8-6-10)17-24-15-14(29-17)16(27)23-13(9-26)22-15;1-9-19-14(22-25-9)15-20-21-16(26-15)23-6-4-11(5-7-23)24-13-8-10(18)2-3-12(13)17;2-1-3/h1-6,12,28H,7-11H2;2-7,13H,8-11H2,1H3;1-4,9,11,26H,5-8,10H2;1-4,10,26H,5-9H2,(H,22,23,27);2-3,8,11H,4-7H2,1H3;. The van der Waals surface area contributed by atoms with Crippen LogP contribution in [0, 0.1) is 19.7 Å². The highest BCUT2D eigenvalue weighted by Crippen LogP contribution is 2.44.